The van der Waals surface area contributed by atoms with Crippen LogP contribution in [0.15, 0.2) is 30.8 Å². The standard InChI is InChI=1S/C21H26ClN3O2.C2H6/c1-4-5-6-7-12-27-21-23-20-19(15(2)13-18(26)24(20)3)25(21)14-16-8-10-17(22)11-9-16;1-2/h8-11H,2,4-7,12-14H2,1,3H3;1-2H3. The fraction of sp³-hybridized carbons (Fsp3) is 0.478. The predicted octanol–water partition coefficient (Wildman–Crippen LogP) is 5.95. The van der Waals surface area contributed by atoms with Gasteiger partial charge in [-0.3, -0.25) is 14.3 Å². The molecule has 1 aromatic heterocycles. The largest absolute Gasteiger partial charge is 0.465 e. The molecule has 0 spiro atoms. The SMILES string of the molecule is C=C1CC(=O)N(C)c2nc(OCCCCCC)n(Cc3ccc(Cl)cc3)c21.CC. The Hall–Kier alpha value is -2.27. The number of benzene rings is 1. The Morgan fingerprint density at radius 2 is 1.86 bits per heavy atom. The van der Waals surface area contributed by atoms with Crippen molar-refractivity contribution in [3.63, 3.8) is 0 Å². The van der Waals surface area contributed by atoms with Crippen LogP contribution in [0.25, 0.3) is 5.57 Å². The van der Waals surface area contributed by atoms with Crippen LogP contribution in [0.4, 0.5) is 5.82 Å². The summed E-state index contributed by atoms with van der Waals surface area (Å²) in [4.78, 5) is 18.4. The molecular weight excluding hydrogens is 386 g/mol. The molecule has 29 heavy (non-hydrogen) atoms. The molecular formula is C23H32ClN3O2. The number of carbonyl (C=O) groups excluding carboxylic acids is 1. The number of nitrogens with zero attached hydrogens (tertiary/aromatic N) is 3. The van der Waals surface area contributed by atoms with E-state index in [9.17, 15) is 4.79 Å². The van der Waals surface area contributed by atoms with Crippen molar-refractivity contribution in [1.29, 1.82) is 0 Å². The van der Waals surface area contributed by atoms with Crippen LogP contribution in [0, 0.1) is 0 Å². The molecule has 2 aromatic rings. The number of carbonyl (C=O) groups is 1. The minimum atomic E-state index is -0.00172. The summed E-state index contributed by atoms with van der Waals surface area (Å²) in [5.41, 5.74) is 2.73. The lowest BCUT2D eigenvalue weighted by atomic mass is 10.1. The third kappa shape index (κ3) is 5.63. The molecule has 0 saturated carbocycles. The molecule has 5 nitrogen and oxygen atoms in total. The maximum atomic E-state index is 12.2. The van der Waals surface area contributed by atoms with Gasteiger partial charge in [0.15, 0.2) is 5.82 Å². The molecule has 0 N–H and O–H groups in total. The zero-order chi connectivity index (χ0) is 21.4. The highest BCUT2D eigenvalue weighted by molar-refractivity contribution is 6.30. The summed E-state index contributed by atoms with van der Waals surface area (Å²) < 4.78 is 8.03. The quantitative estimate of drug-likeness (QED) is 0.498. The molecule has 0 atom stereocenters. The Labute approximate surface area is 179 Å². The molecule has 0 aliphatic carbocycles. The van der Waals surface area contributed by atoms with E-state index in [-0.39, 0.29) is 5.91 Å². The van der Waals surface area contributed by atoms with E-state index in [0.717, 1.165) is 29.7 Å². The van der Waals surface area contributed by atoms with Crippen LogP contribution < -0.4 is 9.64 Å². The van der Waals surface area contributed by atoms with Crippen molar-refractivity contribution in [2.75, 3.05) is 18.6 Å². The van der Waals surface area contributed by atoms with Gasteiger partial charge in [0.1, 0.15) is 0 Å². The number of halogens is 1. The molecule has 1 aliphatic heterocycles. The molecule has 3 rings (SSSR count). The Morgan fingerprint density at radius 1 is 1.17 bits per heavy atom. The molecule has 2 heterocycles. The van der Waals surface area contributed by atoms with Gasteiger partial charge in [-0.2, -0.15) is 4.98 Å². The topological polar surface area (TPSA) is 47.4 Å². The molecule has 0 unspecified atom stereocenters. The van der Waals surface area contributed by atoms with Crippen molar-refractivity contribution in [2.45, 2.75) is 59.4 Å². The number of hydrogen-bond acceptors (Lipinski definition) is 3. The zero-order valence-corrected chi connectivity index (χ0v) is 18.8. The van der Waals surface area contributed by atoms with Gasteiger partial charge < -0.3 is 4.74 Å². The highest BCUT2D eigenvalue weighted by Gasteiger charge is 2.31. The summed E-state index contributed by atoms with van der Waals surface area (Å²) >= 11 is 6.01. The van der Waals surface area contributed by atoms with Crippen molar-refractivity contribution in [2.24, 2.45) is 0 Å². The van der Waals surface area contributed by atoms with Gasteiger partial charge in [-0.25, -0.2) is 0 Å². The molecule has 0 bridgehead atoms. The first-order chi connectivity index (χ1) is 14.0. The number of fused-ring (bicyclic) bond motifs is 1. The first-order valence-corrected chi connectivity index (χ1v) is 10.8. The van der Waals surface area contributed by atoms with Gasteiger partial charge >= 0.3 is 0 Å². The number of aromatic nitrogens is 2. The zero-order valence-electron chi connectivity index (χ0n) is 18.0. The Balaban J connectivity index is 0.00000145. The average Bonchev–Trinajstić information content (AvgIpc) is 3.08. The van der Waals surface area contributed by atoms with Gasteiger partial charge in [0, 0.05) is 12.1 Å². The first-order valence-electron chi connectivity index (χ1n) is 10.4. The first kappa shape index (κ1) is 23.0. The summed E-state index contributed by atoms with van der Waals surface area (Å²) in [6.45, 7) is 11.5. The van der Waals surface area contributed by atoms with Crippen LogP contribution >= 0.6 is 11.6 Å². The van der Waals surface area contributed by atoms with Gasteiger partial charge in [0.05, 0.1) is 25.3 Å². The summed E-state index contributed by atoms with van der Waals surface area (Å²) in [5.74, 6) is 0.618. The highest BCUT2D eigenvalue weighted by Crippen LogP contribution is 2.37. The van der Waals surface area contributed by atoms with Gasteiger partial charge in [-0.1, -0.05) is 70.3 Å². The van der Waals surface area contributed by atoms with Crippen molar-refractivity contribution in [3.05, 3.63) is 47.1 Å². The Kier molecular flexibility index (Phi) is 8.77. The molecule has 6 heteroatoms. The van der Waals surface area contributed by atoms with Crippen LogP contribution in [0.1, 0.15) is 64.1 Å². The maximum absolute atomic E-state index is 12.2. The number of amides is 1. The molecule has 0 fully saturated rings. The number of hydrogen-bond donors (Lipinski definition) is 0. The molecule has 158 valence electrons. The monoisotopic (exact) mass is 417 g/mol. The normalized spacial score (nSPS) is 13.1. The minimum absolute atomic E-state index is 0.00172. The van der Waals surface area contributed by atoms with Gasteiger partial charge in [-0.15, -0.1) is 0 Å². The molecule has 0 saturated heterocycles. The van der Waals surface area contributed by atoms with E-state index in [1.54, 1.807) is 11.9 Å². The molecule has 1 aromatic carbocycles. The number of ether oxygens (including phenoxy) is 1. The van der Waals surface area contributed by atoms with Crippen molar-refractivity contribution in [3.8, 4) is 6.01 Å². The third-order valence-corrected chi connectivity index (χ3v) is 5.04. The van der Waals surface area contributed by atoms with E-state index in [2.05, 4.69) is 18.5 Å². The second-order valence-corrected chi connectivity index (χ2v) is 7.36. The summed E-state index contributed by atoms with van der Waals surface area (Å²) in [6.07, 6.45) is 4.81. The van der Waals surface area contributed by atoms with E-state index in [1.807, 2.05) is 42.7 Å². The van der Waals surface area contributed by atoms with Crippen LogP contribution in [0.5, 0.6) is 6.01 Å². The number of imidazole rings is 1. The van der Waals surface area contributed by atoms with Crippen LogP contribution in [0.3, 0.4) is 0 Å². The van der Waals surface area contributed by atoms with E-state index < -0.39 is 0 Å². The lowest BCUT2D eigenvalue weighted by Gasteiger charge is -2.24. The van der Waals surface area contributed by atoms with Gasteiger partial charge in [0.25, 0.3) is 6.01 Å². The number of anilines is 1. The van der Waals surface area contributed by atoms with E-state index in [0.29, 0.717) is 36.4 Å². The fourth-order valence-corrected chi connectivity index (χ4v) is 3.35. The van der Waals surface area contributed by atoms with E-state index in [4.69, 9.17) is 16.3 Å². The fourth-order valence-electron chi connectivity index (χ4n) is 3.23. The minimum Gasteiger partial charge on any atom is -0.465 e. The smallest absolute Gasteiger partial charge is 0.299 e. The van der Waals surface area contributed by atoms with Crippen molar-refractivity contribution < 1.29 is 9.53 Å². The number of rotatable bonds is 8. The number of unbranched alkanes of at least 4 members (excludes halogenated alkanes) is 3. The predicted molar refractivity (Wildman–Crippen MR) is 121 cm³/mol. The highest BCUT2D eigenvalue weighted by atomic mass is 35.5. The van der Waals surface area contributed by atoms with E-state index >= 15 is 0 Å². The lowest BCUT2D eigenvalue weighted by Crippen LogP contribution is -2.31. The van der Waals surface area contributed by atoms with E-state index in [1.165, 1.54) is 12.8 Å². The maximum Gasteiger partial charge on any atom is 0.299 e. The summed E-state index contributed by atoms with van der Waals surface area (Å²) in [5, 5.41) is 0.702. The van der Waals surface area contributed by atoms with Crippen molar-refractivity contribution in [1.82, 2.24) is 9.55 Å². The van der Waals surface area contributed by atoms with Gasteiger partial charge in [-0.05, 0) is 29.7 Å². The van der Waals surface area contributed by atoms with Crippen LogP contribution in [0.2, 0.25) is 5.02 Å². The molecule has 1 aliphatic rings. The van der Waals surface area contributed by atoms with Crippen molar-refractivity contribution >= 4 is 28.9 Å². The second kappa shape index (κ2) is 11.1. The second-order valence-electron chi connectivity index (χ2n) is 6.92. The third-order valence-electron chi connectivity index (χ3n) is 4.79. The summed E-state index contributed by atoms with van der Waals surface area (Å²) in [7, 11) is 1.75. The average molecular weight is 418 g/mol. The lowest BCUT2D eigenvalue weighted by molar-refractivity contribution is -0.117. The van der Waals surface area contributed by atoms with Gasteiger partial charge in [0.2, 0.25) is 5.91 Å². The van der Waals surface area contributed by atoms with Crippen LogP contribution in [-0.2, 0) is 11.3 Å². The summed E-state index contributed by atoms with van der Waals surface area (Å²) in [6, 6.07) is 8.25. The molecule has 0 radical (unpaired) electrons. The molecule has 1 amide bonds. The Bertz CT molecular complexity index is 827. The Morgan fingerprint density at radius 3 is 2.52 bits per heavy atom. The van der Waals surface area contributed by atoms with Crippen LogP contribution in [-0.4, -0.2) is 29.1 Å².